The highest BCUT2D eigenvalue weighted by Crippen LogP contribution is 2.41. The van der Waals surface area contributed by atoms with Crippen LogP contribution < -0.4 is 14.8 Å². The van der Waals surface area contributed by atoms with Gasteiger partial charge in [-0.1, -0.05) is 23.2 Å². The molecule has 4 rings (SSSR count). The lowest BCUT2D eigenvalue weighted by Gasteiger charge is -2.13. The molecule has 4 nitrogen and oxygen atoms in total. The van der Waals surface area contributed by atoms with Crippen LogP contribution in [0, 0.1) is 0 Å². The van der Waals surface area contributed by atoms with Crippen LogP contribution in [-0.4, -0.2) is 19.1 Å². The predicted molar refractivity (Wildman–Crippen MR) is 89.3 cm³/mol. The molecule has 23 heavy (non-hydrogen) atoms. The Hall–Kier alpha value is -1.91. The molecule has 0 unspecified atom stereocenters. The molecule has 2 aromatic carbocycles. The molecular weight excluding hydrogens is 337 g/mol. The summed E-state index contributed by atoms with van der Waals surface area (Å²) in [6, 6.07) is 6.95. The summed E-state index contributed by atoms with van der Waals surface area (Å²) in [5.41, 5.74) is 2.98. The van der Waals surface area contributed by atoms with Crippen molar-refractivity contribution in [1.29, 1.82) is 0 Å². The second-order valence-electron chi connectivity index (χ2n) is 5.49. The van der Waals surface area contributed by atoms with E-state index in [0.29, 0.717) is 46.7 Å². The van der Waals surface area contributed by atoms with Gasteiger partial charge in [0.1, 0.15) is 11.5 Å². The van der Waals surface area contributed by atoms with E-state index in [1.165, 1.54) is 0 Å². The maximum absolute atomic E-state index is 12.8. The van der Waals surface area contributed by atoms with Crippen molar-refractivity contribution >= 4 is 34.8 Å². The molecule has 2 aliphatic heterocycles. The number of hydrogen-bond donors (Lipinski definition) is 1. The molecule has 118 valence electrons. The molecule has 1 N–H and O–H groups in total. The molecule has 6 heteroatoms. The number of hydrogen-bond acceptors (Lipinski definition) is 3. The largest absolute Gasteiger partial charge is 0.493 e. The van der Waals surface area contributed by atoms with Gasteiger partial charge < -0.3 is 14.8 Å². The molecule has 2 aliphatic rings. The lowest BCUT2D eigenvalue weighted by atomic mass is 9.99. The van der Waals surface area contributed by atoms with E-state index in [0.717, 1.165) is 23.3 Å². The van der Waals surface area contributed by atoms with Crippen molar-refractivity contribution in [2.75, 3.05) is 18.5 Å². The maximum atomic E-state index is 12.8. The summed E-state index contributed by atoms with van der Waals surface area (Å²) in [6.07, 6.45) is 1.48. The fraction of sp³-hybridized carbons (Fsp3) is 0.235. The Balaban J connectivity index is 1.74. The number of fused-ring (bicyclic) bond motifs is 2. The average Bonchev–Trinajstić information content (AvgIpc) is 3.15. The normalized spacial score (nSPS) is 14.7. The van der Waals surface area contributed by atoms with Gasteiger partial charge in [0, 0.05) is 29.0 Å². The van der Waals surface area contributed by atoms with E-state index in [1.54, 1.807) is 18.2 Å². The number of rotatable bonds is 2. The number of carbonyl (C=O) groups is 1. The maximum Gasteiger partial charge on any atom is 0.259 e. The van der Waals surface area contributed by atoms with Crippen LogP contribution in [0.1, 0.15) is 21.5 Å². The van der Waals surface area contributed by atoms with Gasteiger partial charge in [-0.05, 0) is 24.3 Å². The van der Waals surface area contributed by atoms with Gasteiger partial charge in [-0.25, -0.2) is 0 Å². The van der Waals surface area contributed by atoms with Crippen LogP contribution in [0.2, 0.25) is 10.0 Å². The number of halogens is 2. The molecule has 0 bridgehead atoms. The van der Waals surface area contributed by atoms with Crippen molar-refractivity contribution in [3.63, 3.8) is 0 Å². The highest BCUT2D eigenvalue weighted by atomic mass is 35.5. The number of benzene rings is 2. The van der Waals surface area contributed by atoms with Crippen LogP contribution in [0.25, 0.3) is 0 Å². The van der Waals surface area contributed by atoms with E-state index in [9.17, 15) is 4.79 Å². The van der Waals surface area contributed by atoms with Gasteiger partial charge in [-0.2, -0.15) is 0 Å². The lowest BCUT2D eigenvalue weighted by Crippen LogP contribution is -2.15. The predicted octanol–water partition coefficient (Wildman–Crippen LogP) is 4.12. The van der Waals surface area contributed by atoms with Gasteiger partial charge >= 0.3 is 0 Å². The van der Waals surface area contributed by atoms with E-state index in [2.05, 4.69) is 5.32 Å². The zero-order valence-electron chi connectivity index (χ0n) is 12.1. The van der Waals surface area contributed by atoms with E-state index >= 15 is 0 Å². The van der Waals surface area contributed by atoms with Crippen molar-refractivity contribution < 1.29 is 14.3 Å². The SMILES string of the molecule is O=C(Nc1ccc(Cl)cc1Cl)c1c2c(cc3c1OCC3)OCC2. The number of ether oxygens (including phenoxy) is 2. The lowest BCUT2D eigenvalue weighted by molar-refractivity contribution is 0.102. The summed E-state index contributed by atoms with van der Waals surface area (Å²) in [6.45, 7) is 1.17. The Morgan fingerprint density at radius 1 is 1.09 bits per heavy atom. The highest BCUT2D eigenvalue weighted by molar-refractivity contribution is 6.36. The van der Waals surface area contributed by atoms with Crippen LogP contribution in [0.3, 0.4) is 0 Å². The molecule has 1 amide bonds. The third kappa shape index (κ3) is 2.52. The molecule has 0 fully saturated rings. The fourth-order valence-corrected chi connectivity index (χ4v) is 3.46. The van der Waals surface area contributed by atoms with Gasteiger partial charge in [0.05, 0.1) is 29.5 Å². The first kappa shape index (κ1) is 14.7. The molecule has 0 atom stereocenters. The van der Waals surface area contributed by atoms with Crippen molar-refractivity contribution in [2.45, 2.75) is 12.8 Å². The Bertz CT molecular complexity index is 788. The minimum absolute atomic E-state index is 0.241. The van der Waals surface area contributed by atoms with E-state index in [1.807, 2.05) is 6.07 Å². The summed E-state index contributed by atoms with van der Waals surface area (Å²) in [5.74, 6) is 1.20. The number of nitrogens with one attached hydrogen (secondary N) is 1. The third-order valence-electron chi connectivity index (χ3n) is 4.06. The zero-order valence-corrected chi connectivity index (χ0v) is 13.6. The van der Waals surface area contributed by atoms with Gasteiger partial charge in [0.15, 0.2) is 0 Å². The average molecular weight is 350 g/mol. The summed E-state index contributed by atoms with van der Waals surface area (Å²) >= 11 is 12.0. The Morgan fingerprint density at radius 3 is 2.74 bits per heavy atom. The van der Waals surface area contributed by atoms with E-state index in [-0.39, 0.29) is 5.91 Å². The Morgan fingerprint density at radius 2 is 1.91 bits per heavy atom. The van der Waals surface area contributed by atoms with Gasteiger partial charge in [-0.15, -0.1) is 0 Å². The topological polar surface area (TPSA) is 47.6 Å². The molecule has 0 aliphatic carbocycles. The quantitative estimate of drug-likeness (QED) is 0.887. The number of carbonyl (C=O) groups excluding carboxylic acids is 1. The molecular formula is C17H13Cl2NO3. The van der Waals surface area contributed by atoms with Crippen molar-refractivity contribution in [2.24, 2.45) is 0 Å². The fourth-order valence-electron chi connectivity index (χ4n) is 3.00. The number of anilines is 1. The first-order chi connectivity index (χ1) is 11.1. The summed E-state index contributed by atoms with van der Waals surface area (Å²) in [7, 11) is 0. The first-order valence-electron chi connectivity index (χ1n) is 7.34. The molecule has 0 spiro atoms. The van der Waals surface area contributed by atoms with Crippen LogP contribution in [0.4, 0.5) is 5.69 Å². The molecule has 0 saturated carbocycles. The van der Waals surface area contributed by atoms with E-state index < -0.39 is 0 Å². The smallest absolute Gasteiger partial charge is 0.259 e. The first-order valence-corrected chi connectivity index (χ1v) is 8.10. The number of amides is 1. The summed E-state index contributed by atoms with van der Waals surface area (Å²) in [5, 5.41) is 3.76. The minimum atomic E-state index is -0.241. The van der Waals surface area contributed by atoms with Crippen molar-refractivity contribution in [3.8, 4) is 11.5 Å². The molecule has 0 saturated heterocycles. The van der Waals surface area contributed by atoms with Gasteiger partial charge in [0.2, 0.25) is 0 Å². The summed E-state index contributed by atoms with van der Waals surface area (Å²) < 4.78 is 11.3. The Kier molecular flexibility index (Phi) is 3.58. The van der Waals surface area contributed by atoms with Gasteiger partial charge in [-0.3, -0.25) is 4.79 Å². The monoisotopic (exact) mass is 349 g/mol. The standard InChI is InChI=1S/C17H13Cl2NO3/c18-10-1-2-13(12(19)8-10)20-17(21)15-11-4-6-22-14(11)7-9-3-5-23-16(9)15/h1-2,7-8H,3-6H2,(H,20,21). The Labute approximate surface area is 143 Å². The van der Waals surface area contributed by atoms with E-state index in [4.69, 9.17) is 32.7 Å². The van der Waals surface area contributed by atoms with Crippen LogP contribution in [0.5, 0.6) is 11.5 Å². The summed E-state index contributed by atoms with van der Waals surface area (Å²) in [4.78, 5) is 12.8. The second-order valence-corrected chi connectivity index (χ2v) is 6.34. The van der Waals surface area contributed by atoms with Crippen LogP contribution >= 0.6 is 23.2 Å². The molecule has 2 aromatic rings. The minimum Gasteiger partial charge on any atom is -0.493 e. The molecule has 2 heterocycles. The third-order valence-corrected chi connectivity index (χ3v) is 4.60. The van der Waals surface area contributed by atoms with Crippen molar-refractivity contribution in [3.05, 3.63) is 51.0 Å². The van der Waals surface area contributed by atoms with Crippen molar-refractivity contribution in [1.82, 2.24) is 0 Å². The molecule has 0 radical (unpaired) electrons. The zero-order chi connectivity index (χ0) is 16.0. The second kappa shape index (κ2) is 5.62. The molecule has 0 aromatic heterocycles. The van der Waals surface area contributed by atoms with Crippen LogP contribution in [-0.2, 0) is 12.8 Å². The van der Waals surface area contributed by atoms with Gasteiger partial charge in [0.25, 0.3) is 5.91 Å². The van der Waals surface area contributed by atoms with Crippen LogP contribution in [0.15, 0.2) is 24.3 Å². The highest BCUT2D eigenvalue weighted by Gasteiger charge is 2.30.